The first kappa shape index (κ1) is 21.9. The molecular formula is C17H26BrNO5S. The predicted molar refractivity (Wildman–Crippen MR) is 101 cm³/mol. The van der Waals surface area contributed by atoms with Gasteiger partial charge in [0.25, 0.3) is 10.1 Å². The smallest absolute Gasteiger partial charge is 0.410 e. The molecule has 6 nitrogen and oxygen atoms in total. The van der Waals surface area contributed by atoms with Gasteiger partial charge in [-0.3, -0.25) is 4.18 Å². The molecule has 1 amide bonds. The summed E-state index contributed by atoms with van der Waals surface area (Å²) in [7, 11) is -3.47. The zero-order valence-electron chi connectivity index (χ0n) is 15.1. The summed E-state index contributed by atoms with van der Waals surface area (Å²) in [5.41, 5.74) is 0.514. The van der Waals surface area contributed by atoms with Crippen molar-refractivity contribution in [3.8, 4) is 0 Å². The van der Waals surface area contributed by atoms with Crippen LogP contribution in [0.3, 0.4) is 0 Å². The lowest BCUT2D eigenvalue weighted by molar-refractivity contribution is 0.0245. The van der Waals surface area contributed by atoms with Gasteiger partial charge in [-0.1, -0.05) is 28.1 Å². The lowest BCUT2D eigenvalue weighted by atomic mass is 10.1. The Morgan fingerprint density at radius 1 is 1.16 bits per heavy atom. The number of hydrogen-bond donors (Lipinski definition) is 0. The summed E-state index contributed by atoms with van der Waals surface area (Å²) in [4.78, 5) is 13.9. The minimum atomic E-state index is -3.47. The van der Waals surface area contributed by atoms with E-state index in [1.54, 1.807) is 4.90 Å². The van der Waals surface area contributed by atoms with E-state index in [1.165, 1.54) is 0 Å². The number of nitrogens with zero attached hydrogens (tertiary/aromatic N) is 1. The van der Waals surface area contributed by atoms with Crippen LogP contribution in [0.5, 0.6) is 0 Å². The van der Waals surface area contributed by atoms with Gasteiger partial charge in [0.05, 0.1) is 12.9 Å². The minimum absolute atomic E-state index is 0.0381. The third-order valence-corrected chi connectivity index (χ3v) is 4.23. The van der Waals surface area contributed by atoms with Crippen molar-refractivity contribution in [3.63, 3.8) is 0 Å². The monoisotopic (exact) mass is 435 g/mol. The molecule has 0 saturated carbocycles. The molecule has 0 saturated heterocycles. The standard InChI is InChI=1S/C17H26BrNO5S/c1-17(2,3)24-16(20)19(11-5-13-23-25(4,21)22)12-10-14-6-8-15(18)9-7-14/h6-9H,5,10-13H2,1-4H3. The molecule has 1 aromatic rings. The number of hydrogen-bond acceptors (Lipinski definition) is 5. The Bertz CT molecular complexity index is 653. The number of benzene rings is 1. The molecule has 0 bridgehead atoms. The van der Waals surface area contributed by atoms with Crippen molar-refractivity contribution in [1.82, 2.24) is 4.90 Å². The number of carbonyl (C=O) groups is 1. The van der Waals surface area contributed by atoms with Gasteiger partial charge < -0.3 is 9.64 Å². The molecule has 0 spiro atoms. The van der Waals surface area contributed by atoms with Crippen LogP contribution >= 0.6 is 15.9 Å². The topological polar surface area (TPSA) is 72.9 Å². The molecule has 0 aliphatic carbocycles. The molecule has 142 valence electrons. The van der Waals surface area contributed by atoms with E-state index in [9.17, 15) is 13.2 Å². The highest BCUT2D eigenvalue weighted by Gasteiger charge is 2.22. The average molecular weight is 436 g/mol. The maximum atomic E-state index is 12.4. The van der Waals surface area contributed by atoms with Gasteiger partial charge in [0.15, 0.2) is 0 Å². The summed E-state index contributed by atoms with van der Waals surface area (Å²) in [5.74, 6) is 0. The van der Waals surface area contributed by atoms with E-state index in [0.717, 1.165) is 16.3 Å². The van der Waals surface area contributed by atoms with Gasteiger partial charge >= 0.3 is 6.09 Å². The lowest BCUT2D eigenvalue weighted by Crippen LogP contribution is -2.39. The molecule has 25 heavy (non-hydrogen) atoms. The fourth-order valence-corrected chi connectivity index (χ4v) is 2.69. The second-order valence-corrected chi connectivity index (χ2v) is 9.28. The quantitative estimate of drug-likeness (QED) is 0.460. The molecule has 0 radical (unpaired) electrons. The Hall–Kier alpha value is -1.12. The summed E-state index contributed by atoms with van der Waals surface area (Å²) in [6.07, 6.45) is 1.68. The highest BCUT2D eigenvalue weighted by molar-refractivity contribution is 9.10. The molecule has 1 rings (SSSR count). The Labute approximate surface area is 158 Å². The molecule has 0 unspecified atom stereocenters. The van der Waals surface area contributed by atoms with Crippen LogP contribution in [0.25, 0.3) is 0 Å². The summed E-state index contributed by atoms with van der Waals surface area (Å²) in [6.45, 7) is 6.31. The predicted octanol–water partition coefficient (Wildman–Crippen LogP) is 3.60. The maximum absolute atomic E-state index is 12.4. The first-order valence-corrected chi connectivity index (χ1v) is 10.6. The molecule has 0 aliphatic rings. The first-order valence-electron chi connectivity index (χ1n) is 8.03. The molecular weight excluding hydrogens is 410 g/mol. The summed E-state index contributed by atoms with van der Waals surface area (Å²) >= 11 is 3.39. The van der Waals surface area contributed by atoms with Crippen LogP contribution < -0.4 is 0 Å². The van der Waals surface area contributed by atoms with E-state index >= 15 is 0 Å². The summed E-state index contributed by atoms with van der Waals surface area (Å²) < 4.78 is 33.2. The van der Waals surface area contributed by atoms with E-state index in [-0.39, 0.29) is 6.61 Å². The van der Waals surface area contributed by atoms with Crippen molar-refractivity contribution in [1.29, 1.82) is 0 Å². The Balaban J connectivity index is 2.63. The van der Waals surface area contributed by atoms with E-state index in [4.69, 9.17) is 8.92 Å². The molecule has 0 heterocycles. The van der Waals surface area contributed by atoms with E-state index < -0.39 is 21.8 Å². The third kappa shape index (κ3) is 10.5. The lowest BCUT2D eigenvalue weighted by Gasteiger charge is -2.27. The van der Waals surface area contributed by atoms with Crippen LogP contribution in [0, 0.1) is 0 Å². The fraction of sp³-hybridized carbons (Fsp3) is 0.588. The van der Waals surface area contributed by atoms with Crippen LogP contribution in [0.4, 0.5) is 4.79 Å². The number of carbonyl (C=O) groups excluding carboxylic acids is 1. The second kappa shape index (κ2) is 9.54. The number of halogens is 1. The van der Waals surface area contributed by atoms with Crippen LogP contribution in [0.1, 0.15) is 32.8 Å². The molecule has 0 N–H and O–H groups in total. The number of amides is 1. The molecule has 8 heteroatoms. The van der Waals surface area contributed by atoms with Crippen molar-refractivity contribution in [3.05, 3.63) is 34.3 Å². The molecule has 0 aliphatic heterocycles. The largest absolute Gasteiger partial charge is 0.444 e. The van der Waals surface area contributed by atoms with Crippen molar-refractivity contribution >= 4 is 32.1 Å². The van der Waals surface area contributed by atoms with Crippen molar-refractivity contribution < 1.29 is 22.1 Å². The van der Waals surface area contributed by atoms with Crippen molar-refractivity contribution in [2.45, 2.75) is 39.2 Å². The van der Waals surface area contributed by atoms with Gasteiger partial charge in [0.2, 0.25) is 0 Å². The minimum Gasteiger partial charge on any atom is -0.444 e. The van der Waals surface area contributed by atoms with Crippen LogP contribution in [0.2, 0.25) is 0 Å². The zero-order valence-corrected chi connectivity index (χ0v) is 17.5. The van der Waals surface area contributed by atoms with Crippen LogP contribution in [0.15, 0.2) is 28.7 Å². The van der Waals surface area contributed by atoms with E-state index in [2.05, 4.69) is 15.9 Å². The third-order valence-electron chi connectivity index (χ3n) is 3.11. The SMILES string of the molecule is CC(C)(C)OC(=O)N(CCCOS(C)(=O)=O)CCc1ccc(Br)cc1. The van der Waals surface area contributed by atoms with E-state index in [1.807, 2.05) is 45.0 Å². The number of ether oxygens (including phenoxy) is 1. The van der Waals surface area contributed by atoms with Gasteiger partial charge in [-0.25, -0.2) is 4.79 Å². The zero-order chi connectivity index (χ0) is 19.1. The van der Waals surface area contributed by atoms with Crippen molar-refractivity contribution in [2.24, 2.45) is 0 Å². The molecule has 0 atom stereocenters. The van der Waals surface area contributed by atoms with Crippen LogP contribution in [-0.4, -0.2) is 51.0 Å². The molecule has 0 fully saturated rings. The summed E-state index contributed by atoms with van der Waals surface area (Å²) in [6, 6.07) is 7.88. The number of rotatable bonds is 8. The normalized spacial score (nSPS) is 12.0. The van der Waals surface area contributed by atoms with Gasteiger partial charge in [-0.2, -0.15) is 8.42 Å². The van der Waals surface area contributed by atoms with E-state index in [0.29, 0.717) is 25.9 Å². The Morgan fingerprint density at radius 2 is 1.76 bits per heavy atom. The van der Waals surface area contributed by atoms with Crippen LogP contribution in [-0.2, 0) is 25.5 Å². The van der Waals surface area contributed by atoms with Gasteiger partial charge in [-0.05, 0) is 51.3 Å². The van der Waals surface area contributed by atoms with Gasteiger partial charge in [-0.15, -0.1) is 0 Å². The molecule has 0 aromatic heterocycles. The molecule has 1 aromatic carbocycles. The summed E-state index contributed by atoms with van der Waals surface area (Å²) in [5, 5.41) is 0. The maximum Gasteiger partial charge on any atom is 0.410 e. The average Bonchev–Trinajstić information content (AvgIpc) is 2.45. The first-order chi connectivity index (χ1) is 11.5. The highest BCUT2D eigenvalue weighted by atomic mass is 79.9. The Kier molecular flexibility index (Phi) is 8.37. The fourth-order valence-electron chi connectivity index (χ4n) is 2.00. The van der Waals surface area contributed by atoms with Gasteiger partial charge in [0.1, 0.15) is 5.60 Å². The second-order valence-electron chi connectivity index (χ2n) is 6.72. The highest BCUT2D eigenvalue weighted by Crippen LogP contribution is 2.13. The van der Waals surface area contributed by atoms with Gasteiger partial charge in [0, 0.05) is 17.6 Å². The van der Waals surface area contributed by atoms with Crippen molar-refractivity contribution in [2.75, 3.05) is 26.0 Å². The Morgan fingerprint density at radius 3 is 2.28 bits per heavy atom.